The molecule has 1 aliphatic rings. The summed E-state index contributed by atoms with van der Waals surface area (Å²) >= 11 is 0. The van der Waals surface area contributed by atoms with Crippen molar-refractivity contribution in [1.82, 2.24) is 4.90 Å². The van der Waals surface area contributed by atoms with E-state index in [9.17, 15) is 0 Å². The van der Waals surface area contributed by atoms with Crippen LogP contribution >= 0.6 is 0 Å². The van der Waals surface area contributed by atoms with Crippen LogP contribution in [0, 0.1) is 12.3 Å². The fraction of sp³-hybridized carbons (Fsp3) is 0.650. The Balaban J connectivity index is 1.96. The Kier molecular flexibility index (Phi) is 7.26. The average molecular weight is 348 g/mol. The maximum absolute atomic E-state index is 5.93. The molecular weight excluding hydrogens is 316 g/mol. The van der Waals surface area contributed by atoms with Crippen molar-refractivity contribution in [3.05, 3.63) is 23.3 Å². The first-order valence-corrected chi connectivity index (χ1v) is 9.11. The predicted octanol–water partition coefficient (Wildman–Crippen LogP) is 3.60. The minimum atomic E-state index is 0.240. The molecule has 1 aromatic rings. The van der Waals surface area contributed by atoms with Crippen LogP contribution in [-0.2, 0) is 15.9 Å². The molecule has 0 aliphatic carbocycles. The van der Waals surface area contributed by atoms with Crippen LogP contribution < -0.4 is 4.74 Å². The van der Waals surface area contributed by atoms with Gasteiger partial charge >= 0.3 is 0 Å². The van der Waals surface area contributed by atoms with E-state index in [1.54, 1.807) is 7.11 Å². The van der Waals surface area contributed by atoms with Gasteiger partial charge < -0.3 is 19.1 Å². The maximum Gasteiger partial charge on any atom is 0.124 e. The Labute approximate surface area is 152 Å². The van der Waals surface area contributed by atoms with E-state index in [-0.39, 0.29) is 5.41 Å². The maximum atomic E-state index is 5.93. The minimum Gasteiger partial charge on any atom is -0.496 e. The van der Waals surface area contributed by atoms with Crippen molar-refractivity contribution in [2.75, 3.05) is 47.1 Å². The second-order valence-electron chi connectivity index (χ2n) is 6.92. The molecular formula is C20H32N2O3. The first-order valence-electron chi connectivity index (χ1n) is 9.11. The normalized spacial score (nSPS) is 16.0. The molecule has 25 heavy (non-hydrogen) atoms. The van der Waals surface area contributed by atoms with Gasteiger partial charge in [0.1, 0.15) is 5.75 Å². The van der Waals surface area contributed by atoms with Crippen molar-refractivity contribution in [1.29, 1.82) is 0 Å². The molecule has 5 nitrogen and oxygen atoms in total. The number of nitrogens with zero attached hydrogens (tertiary/aromatic N) is 2. The monoisotopic (exact) mass is 348 g/mol. The third-order valence-corrected chi connectivity index (χ3v) is 4.98. The van der Waals surface area contributed by atoms with Gasteiger partial charge in [-0.15, -0.1) is 0 Å². The first kappa shape index (κ1) is 19.7. The zero-order chi connectivity index (χ0) is 18.3. The van der Waals surface area contributed by atoms with Gasteiger partial charge in [-0.2, -0.15) is 0 Å². The number of hydrogen-bond donors (Lipinski definition) is 0. The Bertz CT molecular complexity index is 577. The Hall–Kier alpha value is -1.59. The molecule has 0 unspecified atom stereocenters. The van der Waals surface area contributed by atoms with E-state index in [1.807, 2.05) is 24.4 Å². The number of benzene rings is 1. The quantitative estimate of drug-likeness (QED) is 0.368. The van der Waals surface area contributed by atoms with Gasteiger partial charge in [0.25, 0.3) is 0 Å². The van der Waals surface area contributed by atoms with Gasteiger partial charge in [0.2, 0.25) is 0 Å². The summed E-state index contributed by atoms with van der Waals surface area (Å²) in [7, 11) is 3.72. The van der Waals surface area contributed by atoms with Gasteiger partial charge in [-0.25, -0.2) is 4.99 Å². The number of rotatable bonds is 10. The van der Waals surface area contributed by atoms with E-state index >= 15 is 0 Å². The van der Waals surface area contributed by atoms with Crippen molar-refractivity contribution in [3.8, 4) is 5.75 Å². The summed E-state index contributed by atoms with van der Waals surface area (Å²) in [5, 5.41) is 0. The van der Waals surface area contributed by atoms with E-state index in [0.29, 0.717) is 6.61 Å². The highest BCUT2D eigenvalue weighted by molar-refractivity contribution is 5.64. The molecule has 1 fully saturated rings. The molecule has 1 heterocycles. The first-order chi connectivity index (χ1) is 12.0. The standard InChI is InChI=1S/C20H32N2O3/c1-6-20(13-25-14-20)12-24-9-8-17-10-16(3)18(11-19(17)23-5)21-15-22(4)7-2/h10-11,15H,6-9,12-14H2,1-5H3/b21-15+. The van der Waals surface area contributed by atoms with Crippen molar-refractivity contribution >= 4 is 12.0 Å². The molecule has 1 aliphatic heterocycles. The number of methoxy groups -OCH3 is 1. The third kappa shape index (κ3) is 5.19. The largest absolute Gasteiger partial charge is 0.496 e. The van der Waals surface area contributed by atoms with E-state index in [4.69, 9.17) is 14.2 Å². The van der Waals surface area contributed by atoms with Crippen LogP contribution in [0.15, 0.2) is 17.1 Å². The Morgan fingerprint density at radius 2 is 2.08 bits per heavy atom. The van der Waals surface area contributed by atoms with E-state index < -0.39 is 0 Å². The molecule has 1 saturated heterocycles. The van der Waals surface area contributed by atoms with Gasteiger partial charge in [0.15, 0.2) is 0 Å². The molecule has 1 aromatic carbocycles. The van der Waals surface area contributed by atoms with Crippen molar-refractivity contribution in [3.63, 3.8) is 0 Å². The highest BCUT2D eigenvalue weighted by Crippen LogP contribution is 2.32. The summed E-state index contributed by atoms with van der Waals surface area (Å²) < 4.78 is 16.8. The van der Waals surface area contributed by atoms with Gasteiger partial charge in [-0.1, -0.05) is 13.0 Å². The minimum absolute atomic E-state index is 0.240. The molecule has 140 valence electrons. The number of aliphatic imine (C=N–C) groups is 1. The van der Waals surface area contributed by atoms with Crippen LogP contribution in [0.3, 0.4) is 0 Å². The topological polar surface area (TPSA) is 43.3 Å². The van der Waals surface area contributed by atoms with E-state index in [1.165, 1.54) is 5.56 Å². The van der Waals surface area contributed by atoms with E-state index in [2.05, 4.69) is 31.8 Å². The molecule has 0 radical (unpaired) electrons. The van der Waals surface area contributed by atoms with Crippen molar-refractivity contribution < 1.29 is 14.2 Å². The molecule has 0 N–H and O–H groups in total. The summed E-state index contributed by atoms with van der Waals surface area (Å²) in [6.07, 6.45) is 3.80. The van der Waals surface area contributed by atoms with Gasteiger partial charge in [0, 0.05) is 25.1 Å². The fourth-order valence-electron chi connectivity index (χ4n) is 2.76. The van der Waals surface area contributed by atoms with Gasteiger partial charge in [0.05, 0.1) is 45.6 Å². The summed E-state index contributed by atoms with van der Waals surface area (Å²) in [6, 6.07) is 4.17. The van der Waals surface area contributed by atoms with Crippen molar-refractivity contribution in [2.24, 2.45) is 10.4 Å². The predicted molar refractivity (Wildman–Crippen MR) is 102 cm³/mol. The molecule has 0 atom stereocenters. The summed E-state index contributed by atoms with van der Waals surface area (Å²) in [4.78, 5) is 6.60. The zero-order valence-electron chi connectivity index (χ0n) is 16.3. The molecule has 5 heteroatoms. The lowest BCUT2D eigenvalue weighted by atomic mass is 9.84. The smallest absolute Gasteiger partial charge is 0.124 e. The number of ether oxygens (including phenoxy) is 3. The lowest BCUT2D eigenvalue weighted by Gasteiger charge is -2.40. The van der Waals surface area contributed by atoms with Crippen LogP contribution in [0.25, 0.3) is 0 Å². The van der Waals surface area contributed by atoms with Gasteiger partial charge in [-0.05, 0) is 37.8 Å². The fourth-order valence-corrected chi connectivity index (χ4v) is 2.76. The molecule has 0 bridgehead atoms. The lowest BCUT2D eigenvalue weighted by molar-refractivity contribution is -0.149. The zero-order valence-corrected chi connectivity index (χ0v) is 16.3. The molecule has 0 saturated carbocycles. The Morgan fingerprint density at radius 1 is 1.32 bits per heavy atom. The van der Waals surface area contributed by atoms with Crippen LogP contribution in [0.4, 0.5) is 5.69 Å². The lowest BCUT2D eigenvalue weighted by Crippen LogP contribution is -2.45. The van der Waals surface area contributed by atoms with Gasteiger partial charge in [-0.3, -0.25) is 0 Å². The Morgan fingerprint density at radius 3 is 2.64 bits per heavy atom. The van der Waals surface area contributed by atoms with Crippen LogP contribution in [0.5, 0.6) is 5.75 Å². The second-order valence-corrected chi connectivity index (χ2v) is 6.92. The number of aryl methyl sites for hydroxylation is 1. The second kappa shape index (κ2) is 9.20. The summed E-state index contributed by atoms with van der Waals surface area (Å²) in [6.45, 7) is 10.4. The summed E-state index contributed by atoms with van der Waals surface area (Å²) in [5.74, 6) is 0.873. The van der Waals surface area contributed by atoms with Crippen LogP contribution in [0.1, 0.15) is 31.4 Å². The highest BCUT2D eigenvalue weighted by atomic mass is 16.5. The van der Waals surface area contributed by atoms with Crippen LogP contribution in [0.2, 0.25) is 0 Å². The average Bonchev–Trinajstić information content (AvgIpc) is 2.59. The number of hydrogen-bond acceptors (Lipinski definition) is 4. The van der Waals surface area contributed by atoms with Crippen LogP contribution in [-0.4, -0.2) is 58.4 Å². The summed E-state index contributed by atoms with van der Waals surface area (Å²) in [5.41, 5.74) is 3.50. The molecule has 0 aromatic heterocycles. The van der Waals surface area contributed by atoms with E-state index in [0.717, 1.165) is 56.2 Å². The molecule has 0 amide bonds. The highest BCUT2D eigenvalue weighted by Gasteiger charge is 2.36. The van der Waals surface area contributed by atoms with Crippen molar-refractivity contribution in [2.45, 2.75) is 33.6 Å². The SMILES string of the molecule is CCN(C)/C=N/c1cc(OC)c(CCOCC2(CC)COC2)cc1C. The molecule has 0 spiro atoms. The molecule has 2 rings (SSSR count). The third-order valence-electron chi connectivity index (χ3n) is 4.98.